The number of hydrogen-bond donors (Lipinski definition) is 1. The molecule has 0 radical (unpaired) electrons. The molecule has 0 aromatic rings. The molecule has 1 N–H and O–H groups in total. The van der Waals surface area contributed by atoms with Crippen LogP contribution >= 0.6 is 0 Å². The molecule has 0 aromatic carbocycles. The van der Waals surface area contributed by atoms with Crippen LogP contribution in [0.5, 0.6) is 0 Å². The van der Waals surface area contributed by atoms with E-state index in [2.05, 4.69) is 5.32 Å². The third kappa shape index (κ3) is 3.81. The minimum Gasteiger partial charge on any atom is -0.353 e. The van der Waals surface area contributed by atoms with E-state index in [0.717, 1.165) is 38.5 Å². The smallest absolute Gasteiger partial charge is 0.281 e. The second-order valence-corrected chi connectivity index (χ2v) is 8.71. The van der Waals surface area contributed by atoms with Crippen molar-refractivity contribution < 1.29 is 13.2 Å². The Morgan fingerprint density at radius 1 is 0.818 bits per heavy atom. The van der Waals surface area contributed by atoms with E-state index in [1.807, 2.05) is 0 Å². The molecule has 7 heteroatoms. The number of carbonyl (C=O) groups excluding carboxylic acids is 1. The number of nitrogens with one attached hydrogen (secondary N) is 1. The van der Waals surface area contributed by atoms with Gasteiger partial charge in [0, 0.05) is 38.1 Å². The first-order valence-electron chi connectivity index (χ1n) is 8.63. The van der Waals surface area contributed by atoms with Gasteiger partial charge in [0.05, 0.1) is 0 Å². The zero-order valence-corrected chi connectivity index (χ0v) is 14.0. The van der Waals surface area contributed by atoms with Gasteiger partial charge in [0.15, 0.2) is 0 Å². The molecule has 1 amide bonds. The maximum atomic E-state index is 12.7. The van der Waals surface area contributed by atoms with Crippen molar-refractivity contribution >= 4 is 16.1 Å². The van der Waals surface area contributed by atoms with Gasteiger partial charge < -0.3 is 5.32 Å². The van der Waals surface area contributed by atoms with Crippen LogP contribution in [0.25, 0.3) is 0 Å². The summed E-state index contributed by atoms with van der Waals surface area (Å²) in [6.45, 7) is 2.23. The molecule has 6 nitrogen and oxygen atoms in total. The first-order valence-corrected chi connectivity index (χ1v) is 10.0. The van der Waals surface area contributed by atoms with Crippen molar-refractivity contribution in [1.29, 1.82) is 0 Å². The van der Waals surface area contributed by atoms with Gasteiger partial charge in [-0.1, -0.05) is 12.8 Å². The van der Waals surface area contributed by atoms with Crippen LogP contribution < -0.4 is 5.32 Å². The van der Waals surface area contributed by atoms with Crippen LogP contribution in [-0.4, -0.2) is 55.2 Å². The van der Waals surface area contributed by atoms with E-state index in [9.17, 15) is 13.2 Å². The highest BCUT2D eigenvalue weighted by Gasteiger charge is 2.36. The zero-order chi connectivity index (χ0) is 15.6. The van der Waals surface area contributed by atoms with Gasteiger partial charge in [0.2, 0.25) is 5.91 Å². The second-order valence-electron chi connectivity index (χ2n) is 6.78. The molecule has 22 heavy (non-hydrogen) atoms. The molecular weight excluding hydrogens is 302 g/mol. The number of carbonyl (C=O) groups is 1. The van der Waals surface area contributed by atoms with Crippen LogP contribution in [-0.2, 0) is 15.0 Å². The Balaban J connectivity index is 1.53. The normalized spacial score (nSPS) is 26.5. The van der Waals surface area contributed by atoms with Crippen molar-refractivity contribution in [2.75, 3.05) is 26.2 Å². The first kappa shape index (κ1) is 16.2. The molecule has 3 rings (SSSR count). The third-order valence-electron chi connectivity index (χ3n) is 4.97. The number of rotatable bonds is 4. The van der Waals surface area contributed by atoms with E-state index in [1.165, 1.54) is 0 Å². The zero-order valence-electron chi connectivity index (χ0n) is 13.2. The first-order chi connectivity index (χ1) is 10.6. The van der Waals surface area contributed by atoms with E-state index in [0.29, 0.717) is 45.1 Å². The monoisotopic (exact) mass is 329 g/mol. The lowest BCUT2D eigenvalue weighted by atomic mass is 9.97. The summed E-state index contributed by atoms with van der Waals surface area (Å²) in [4.78, 5) is 12.1. The predicted octanol–water partition coefficient (Wildman–Crippen LogP) is 1.10. The summed E-state index contributed by atoms with van der Waals surface area (Å²) in [5, 5.41) is 3.03. The number of hydrogen-bond acceptors (Lipinski definition) is 3. The van der Waals surface area contributed by atoms with Gasteiger partial charge in [-0.3, -0.25) is 4.79 Å². The average Bonchev–Trinajstić information content (AvgIpc) is 3.33. The van der Waals surface area contributed by atoms with E-state index in [-0.39, 0.29) is 11.8 Å². The largest absolute Gasteiger partial charge is 0.353 e. The van der Waals surface area contributed by atoms with Gasteiger partial charge in [-0.15, -0.1) is 0 Å². The van der Waals surface area contributed by atoms with Gasteiger partial charge in [0.25, 0.3) is 10.2 Å². The van der Waals surface area contributed by atoms with E-state index in [4.69, 9.17) is 0 Å². The molecule has 0 bridgehead atoms. The quantitative estimate of drug-likeness (QED) is 0.839. The summed E-state index contributed by atoms with van der Waals surface area (Å²) in [7, 11) is -3.33. The van der Waals surface area contributed by atoms with Crippen LogP contribution in [0.1, 0.15) is 51.4 Å². The number of amides is 1. The van der Waals surface area contributed by atoms with Crippen molar-refractivity contribution in [2.24, 2.45) is 5.92 Å². The minimum absolute atomic E-state index is 0.0174. The molecule has 1 aliphatic carbocycles. The molecule has 2 heterocycles. The van der Waals surface area contributed by atoms with Gasteiger partial charge in [-0.2, -0.15) is 17.0 Å². The van der Waals surface area contributed by atoms with Crippen molar-refractivity contribution in [3.63, 3.8) is 0 Å². The molecular formula is C15H27N3O3S. The molecule has 0 spiro atoms. The van der Waals surface area contributed by atoms with Gasteiger partial charge in [-0.25, -0.2) is 0 Å². The van der Waals surface area contributed by atoms with Crippen molar-refractivity contribution in [2.45, 2.75) is 57.4 Å². The topological polar surface area (TPSA) is 69.7 Å². The minimum atomic E-state index is -3.33. The molecule has 126 valence electrons. The predicted molar refractivity (Wildman–Crippen MR) is 84.4 cm³/mol. The number of nitrogens with zero attached hydrogens (tertiary/aromatic N) is 2. The fourth-order valence-electron chi connectivity index (χ4n) is 3.33. The van der Waals surface area contributed by atoms with Crippen LogP contribution in [0.4, 0.5) is 0 Å². The van der Waals surface area contributed by atoms with Gasteiger partial charge in [-0.05, 0) is 38.5 Å². The van der Waals surface area contributed by atoms with Gasteiger partial charge >= 0.3 is 0 Å². The lowest BCUT2D eigenvalue weighted by Crippen LogP contribution is -2.49. The summed E-state index contributed by atoms with van der Waals surface area (Å²) in [6, 6.07) is 0.381. The summed E-state index contributed by atoms with van der Waals surface area (Å²) in [5.74, 6) is 0.102. The Morgan fingerprint density at radius 2 is 1.36 bits per heavy atom. The molecule has 0 atom stereocenters. The van der Waals surface area contributed by atoms with Crippen LogP contribution in [0.2, 0.25) is 0 Å². The molecule has 2 aliphatic heterocycles. The maximum Gasteiger partial charge on any atom is 0.281 e. The highest BCUT2D eigenvalue weighted by atomic mass is 32.2. The Bertz CT molecular complexity index is 488. The Kier molecular flexibility index (Phi) is 5.04. The van der Waals surface area contributed by atoms with Gasteiger partial charge in [0.1, 0.15) is 0 Å². The average molecular weight is 329 g/mol. The SMILES string of the molecule is O=C(NC1CC1)C1CCN(S(=O)(=O)N2CCCCCC2)CC1. The Labute approximate surface area is 133 Å². The van der Waals surface area contributed by atoms with Crippen molar-refractivity contribution in [3.8, 4) is 0 Å². The van der Waals surface area contributed by atoms with E-state index < -0.39 is 10.2 Å². The molecule has 0 aromatic heterocycles. The van der Waals surface area contributed by atoms with E-state index >= 15 is 0 Å². The van der Waals surface area contributed by atoms with Crippen LogP contribution in [0.3, 0.4) is 0 Å². The van der Waals surface area contributed by atoms with Crippen molar-refractivity contribution in [3.05, 3.63) is 0 Å². The summed E-state index contributed by atoms with van der Waals surface area (Å²) in [6.07, 6.45) is 7.63. The summed E-state index contributed by atoms with van der Waals surface area (Å²) < 4.78 is 28.6. The summed E-state index contributed by atoms with van der Waals surface area (Å²) >= 11 is 0. The molecule has 1 saturated carbocycles. The fraction of sp³-hybridized carbons (Fsp3) is 0.933. The molecule has 3 fully saturated rings. The summed E-state index contributed by atoms with van der Waals surface area (Å²) in [5.41, 5.74) is 0. The molecule has 0 unspecified atom stereocenters. The lowest BCUT2D eigenvalue weighted by molar-refractivity contribution is -0.126. The highest BCUT2D eigenvalue weighted by molar-refractivity contribution is 7.86. The number of piperidine rings is 1. The van der Waals surface area contributed by atoms with Crippen LogP contribution in [0, 0.1) is 5.92 Å². The standard InChI is InChI=1S/C15H27N3O3S/c19-15(16-14-5-6-14)13-7-11-18(12-8-13)22(20,21)17-9-3-1-2-4-10-17/h13-14H,1-12H2,(H,16,19). The molecule has 2 saturated heterocycles. The maximum absolute atomic E-state index is 12.7. The Morgan fingerprint density at radius 3 is 1.91 bits per heavy atom. The fourth-order valence-corrected chi connectivity index (χ4v) is 5.05. The van der Waals surface area contributed by atoms with Crippen molar-refractivity contribution in [1.82, 2.24) is 13.9 Å². The molecule has 3 aliphatic rings. The van der Waals surface area contributed by atoms with E-state index in [1.54, 1.807) is 8.61 Å². The Hall–Kier alpha value is -0.660. The second kappa shape index (κ2) is 6.84. The highest BCUT2D eigenvalue weighted by Crippen LogP contribution is 2.25. The lowest BCUT2D eigenvalue weighted by Gasteiger charge is -2.34. The van der Waals surface area contributed by atoms with Crippen LogP contribution in [0.15, 0.2) is 0 Å². The third-order valence-corrected chi connectivity index (χ3v) is 7.00.